The van der Waals surface area contributed by atoms with Crippen molar-refractivity contribution in [2.24, 2.45) is 5.92 Å². The third kappa shape index (κ3) is 5.49. The molecule has 0 unspecified atom stereocenters. The van der Waals surface area contributed by atoms with Crippen LogP contribution in [0.1, 0.15) is 38.2 Å². The molecule has 1 amide bonds. The van der Waals surface area contributed by atoms with Gasteiger partial charge in [0.2, 0.25) is 0 Å². The van der Waals surface area contributed by atoms with E-state index in [-0.39, 0.29) is 24.5 Å². The van der Waals surface area contributed by atoms with Crippen molar-refractivity contribution in [2.45, 2.75) is 38.7 Å². The molecule has 1 N–H and O–H groups in total. The van der Waals surface area contributed by atoms with Gasteiger partial charge in [0.05, 0.1) is 12.0 Å². The van der Waals surface area contributed by atoms with Crippen molar-refractivity contribution in [3.05, 3.63) is 34.9 Å². The predicted molar refractivity (Wildman–Crippen MR) is 92.0 cm³/mol. The number of benzene rings is 1. The summed E-state index contributed by atoms with van der Waals surface area (Å²) in [7, 11) is 0. The molecule has 0 bridgehead atoms. The van der Waals surface area contributed by atoms with E-state index >= 15 is 0 Å². The molecule has 5 nitrogen and oxygen atoms in total. The first kappa shape index (κ1) is 18.7. The number of ether oxygens (including phenoxy) is 2. The fraction of sp³-hybridized carbons (Fsp3) is 0.556. The molecule has 1 aliphatic heterocycles. The molecule has 0 aliphatic carbocycles. The molecule has 132 valence electrons. The van der Waals surface area contributed by atoms with E-state index < -0.39 is 11.9 Å². The highest BCUT2D eigenvalue weighted by atomic mass is 35.5. The molecule has 2 atom stereocenters. The molecule has 1 heterocycles. The van der Waals surface area contributed by atoms with Crippen molar-refractivity contribution >= 4 is 23.5 Å². The van der Waals surface area contributed by atoms with Gasteiger partial charge in [-0.25, -0.2) is 0 Å². The summed E-state index contributed by atoms with van der Waals surface area (Å²) in [5.74, 6) is -1.08. The van der Waals surface area contributed by atoms with Gasteiger partial charge < -0.3 is 14.8 Å². The van der Waals surface area contributed by atoms with Gasteiger partial charge in [0, 0.05) is 18.2 Å². The number of hydrogen-bond acceptors (Lipinski definition) is 4. The van der Waals surface area contributed by atoms with Gasteiger partial charge in [0.25, 0.3) is 5.91 Å². The van der Waals surface area contributed by atoms with E-state index in [1.807, 2.05) is 26.0 Å². The van der Waals surface area contributed by atoms with Crippen LogP contribution in [0.15, 0.2) is 24.3 Å². The summed E-state index contributed by atoms with van der Waals surface area (Å²) in [4.78, 5) is 24.2. The Kier molecular flexibility index (Phi) is 7.06. The predicted octanol–water partition coefficient (Wildman–Crippen LogP) is 2.92. The number of nitrogens with one attached hydrogen (secondary N) is 1. The minimum absolute atomic E-state index is 0.0497. The Balaban J connectivity index is 1.83. The van der Waals surface area contributed by atoms with Gasteiger partial charge in [0.15, 0.2) is 6.61 Å². The van der Waals surface area contributed by atoms with Gasteiger partial charge in [-0.15, -0.1) is 0 Å². The fourth-order valence-electron chi connectivity index (χ4n) is 2.77. The highest BCUT2D eigenvalue weighted by Crippen LogP contribution is 2.27. The lowest BCUT2D eigenvalue weighted by Crippen LogP contribution is -2.35. The number of carbonyl (C=O) groups is 2. The van der Waals surface area contributed by atoms with Crippen molar-refractivity contribution in [1.29, 1.82) is 0 Å². The van der Waals surface area contributed by atoms with Crippen LogP contribution >= 0.6 is 11.6 Å². The van der Waals surface area contributed by atoms with E-state index in [1.165, 1.54) is 0 Å². The van der Waals surface area contributed by atoms with E-state index in [0.29, 0.717) is 11.6 Å². The minimum Gasteiger partial charge on any atom is -0.455 e. The molecule has 1 fully saturated rings. The first-order valence-electron chi connectivity index (χ1n) is 8.27. The molecule has 24 heavy (non-hydrogen) atoms. The van der Waals surface area contributed by atoms with Crippen LogP contribution in [0, 0.1) is 5.92 Å². The molecule has 0 radical (unpaired) electrons. The monoisotopic (exact) mass is 353 g/mol. The molecule has 0 spiro atoms. The molecule has 6 heteroatoms. The normalized spacial score (nSPS) is 18.4. The van der Waals surface area contributed by atoms with Crippen molar-refractivity contribution in [3.63, 3.8) is 0 Å². The SMILES string of the molecule is CC(C)[C@H](C(=O)OCC(=O)NC[C@@H]1CCCO1)c1ccc(Cl)cc1. The van der Waals surface area contributed by atoms with Crippen LogP contribution in [0.4, 0.5) is 0 Å². The second kappa shape index (κ2) is 9.04. The zero-order chi connectivity index (χ0) is 17.5. The summed E-state index contributed by atoms with van der Waals surface area (Å²) in [6.45, 7) is 4.81. The zero-order valence-electron chi connectivity index (χ0n) is 14.1. The van der Waals surface area contributed by atoms with Crippen molar-refractivity contribution in [2.75, 3.05) is 19.8 Å². The van der Waals surface area contributed by atoms with E-state index in [4.69, 9.17) is 21.1 Å². The van der Waals surface area contributed by atoms with Crippen molar-refractivity contribution in [3.8, 4) is 0 Å². The van der Waals surface area contributed by atoms with Gasteiger partial charge in [-0.05, 0) is 36.5 Å². The van der Waals surface area contributed by atoms with Gasteiger partial charge in [-0.3, -0.25) is 9.59 Å². The second-order valence-electron chi connectivity index (χ2n) is 6.32. The number of esters is 1. The summed E-state index contributed by atoms with van der Waals surface area (Å²) < 4.78 is 10.6. The molecule has 0 aromatic heterocycles. The van der Waals surface area contributed by atoms with E-state index in [9.17, 15) is 9.59 Å². The lowest BCUT2D eigenvalue weighted by atomic mass is 9.88. The highest BCUT2D eigenvalue weighted by Gasteiger charge is 2.26. The van der Waals surface area contributed by atoms with E-state index in [2.05, 4.69) is 5.32 Å². The Hall–Kier alpha value is -1.59. The summed E-state index contributed by atoms with van der Waals surface area (Å²) in [5, 5.41) is 3.35. The Bertz CT molecular complexity index is 553. The van der Waals surface area contributed by atoms with Crippen LogP contribution in [0.5, 0.6) is 0 Å². The average molecular weight is 354 g/mol. The van der Waals surface area contributed by atoms with Crippen LogP contribution < -0.4 is 5.32 Å². The maximum Gasteiger partial charge on any atom is 0.314 e. The van der Waals surface area contributed by atoms with Gasteiger partial charge in [-0.2, -0.15) is 0 Å². The second-order valence-corrected chi connectivity index (χ2v) is 6.76. The number of carbonyl (C=O) groups excluding carboxylic acids is 2. The largest absolute Gasteiger partial charge is 0.455 e. The third-order valence-electron chi connectivity index (χ3n) is 4.05. The molecular formula is C18H24ClNO4. The number of hydrogen-bond donors (Lipinski definition) is 1. The van der Waals surface area contributed by atoms with Crippen LogP contribution in [-0.2, 0) is 19.1 Å². The third-order valence-corrected chi connectivity index (χ3v) is 4.30. The molecule has 1 aliphatic rings. The summed E-state index contributed by atoms with van der Waals surface area (Å²) in [5.41, 5.74) is 0.833. The number of rotatable bonds is 7. The number of halogens is 1. The van der Waals surface area contributed by atoms with Gasteiger partial charge in [-0.1, -0.05) is 37.6 Å². The molecule has 1 aromatic carbocycles. The Morgan fingerprint density at radius 1 is 1.33 bits per heavy atom. The first-order chi connectivity index (χ1) is 11.5. The smallest absolute Gasteiger partial charge is 0.314 e. The Morgan fingerprint density at radius 3 is 2.62 bits per heavy atom. The van der Waals surface area contributed by atoms with Crippen LogP contribution in [-0.4, -0.2) is 37.7 Å². The van der Waals surface area contributed by atoms with Gasteiger partial charge >= 0.3 is 5.97 Å². The molecule has 2 rings (SSSR count). The molecule has 1 aromatic rings. The highest BCUT2D eigenvalue weighted by molar-refractivity contribution is 6.30. The summed E-state index contributed by atoms with van der Waals surface area (Å²) in [6, 6.07) is 7.11. The standard InChI is InChI=1S/C18H24ClNO4/c1-12(2)17(13-5-7-14(19)8-6-13)18(22)24-11-16(21)20-10-15-4-3-9-23-15/h5-8,12,15,17H,3-4,9-11H2,1-2H3,(H,20,21)/t15-,17-/m0/s1. The van der Waals surface area contributed by atoms with E-state index in [1.54, 1.807) is 12.1 Å². The zero-order valence-corrected chi connectivity index (χ0v) is 14.8. The van der Waals surface area contributed by atoms with Crippen LogP contribution in [0.3, 0.4) is 0 Å². The topological polar surface area (TPSA) is 64.6 Å². The fourth-order valence-corrected chi connectivity index (χ4v) is 2.90. The van der Waals surface area contributed by atoms with Crippen LogP contribution in [0.2, 0.25) is 5.02 Å². The van der Waals surface area contributed by atoms with E-state index in [0.717, 1.165) is 25.0 Å². The molecule has 1 saturated heterocycles. The minimum atomic E-state index is -0.423. The van der Waals surface area contributed by atoms with Crippen LogP contribution in [0.25, 0.3) is 0 Å². The van der Waals surface area contributed by atoms with Gasteiger partial charge in [0.1, 0.15) is 0 Å². The summed E-state index contributed by atoms with van der Waals surface area (Å²) in [6.07, 6.45) is 2.04. The quantitative estimate of drug-likeness (QED) is 0.765. The van der Waals surface area contributed by atoms with Crippen molar-refractivity contribution < 1.29 is 19.1 Å². The summed E-state index contributed by atoms with van der Waals surface area (Å²) >= 11 is 5.89. The van der Waals surface area contributed by atoms with Crippen molar-refractivity contribution in [1.82, 2.24) is 5.32 Å². The Morgan fingerprint density at radius 2 is 2.04 bits per heavy atom. The maximum atomic E-state index is 12.4. The lowest BCUT2D eigenvalue weighted by molar-refractivity contribution is -0.151. The molecule has 0 saturated carbocycles. The number of amides is 1. The Labute approximate surface area is 147 Å². The average Bonchev–Trinajstić information content (AvgIpc) is 3.06. The lowest BCUT2D eigenvalue weighted by Gasteiger charge is -2.20. The molecular weight excluding hydrogens is 330 g/mol. The first-order valence-corrected chi connectivity index (χ1v) is 8.65. The maximum absolute atomic E-state index is 12.4.